The molecule has 0 radical (unpaired) electrons. The van der Waals surface area contributed by atoms with Crippen LogP contribution in [0.5, 0.6) is 0 Å². The van der Waals surface area contributed by atoms with E-state index in [0.717, 1.165) is 36.8 Å². The fourth-order valence-electron chi connectivity index (χ4n) is 4.87. The maximum absolute atomic E-state index is 6.14. The molecule has 5 rings (SSSR count). The summed E-state index contributed by atoms with van der Waals surface area (Å²) in [4.78, 5) is 2.64. The van der Waals surface area contributed by atoms with Crippen molar-refractivity contribution in [3.63, 3.8) is 0 Å². The van der Waals surface area contributed by atoms with Crippen LogP contribution in [-0.2, 0) is 13.0 Å². The summed E-state index contributed by atoms with van der Waals surface area (Å²) in [6, 6.07) is 19.2. The van der Waals surface area contributed by atoms with Crippen LogP contribution in [-0.4, -0.2) is 27.8 Å². The summed E-state index contributed by atoms with van der Waals surface area (Å²) in [5.41, 5.74) is 5.13. The van der Waals surface area contributed by atoms with E-state index in [0.29, 0.717) is 6.04 Å². The fourth-order valence-corrected chi connectivity index (χ4v) is 5.00. The summed E-state index contributed by atoms with van der Waals surface area (Å²) in [5.74, 6) is 1.18. The Hall–Kier alpha value is -2.30. The van der Waals surface area contributed by atoms with Crippen LogP contribution < -0.4 is 5.32 Å². The van der Waals surface area contributed by atoms with Crippen molar-refractivity contribution in [2.45, 2.75) is 51.1 Å². The van der Waals surface area contributed by atoms with Crippen molar-refractivity contribution in [2.24, 2.45) is 0 Å². The van der Waals surface area contributed by atoms with Gasteiger partial charge in [-0.15, -0.1) is 0 Å². The third-order valence-electron chi connectivity index (χ3n) is 6.39. The molecule has 30 heavy (non-hydrogen) atoms. The monoisotopic (exact) mass is 420 g/mol. The molecule has 4 nitrogen and oxygen atoms in total. The molecule has 1 fully saturated rings. The first-order valence-corrected chi connectivity index (χ1v) is 11.6. The van der Waals surface area contributed by atoms with E-state index >= 15 is 0 Å². The number of halogens is 1. The summed E-state index contributed by atoms with van der Waals surface area (Å²) in [6.07, 6.45) is 7.23. The van der Waals surface area contributed by atoms with E-state index in [1.54, 1.807) is 0 Å². The molecule has 2 aliphatic heterocycles. The largest absolute Gasteiger partial charge is 0.370 e. The topological polar surface area (TPSA) is 33.1 Å². The van der Waals surface area contributed by atoms with E-state index < -0.39 is 0 Å². The van der Waals surface area contributed by atoms with Crippen molar-refractivity contribution in [2.75, 3.05) is 18.4 Å². The van der Waals surface area contributed by atoms with Gasteiger partial charge in [-0.25, -0.2) is 4.68 Å². The molecule has 2 aromatic carbocycles. The van der Waals surface area contributed by atoms with Crippen molar-refractivity contribution in [1.29, 1.82) is 0 Å². The Labute approximate surface area is 183 Å². The van der Waals surface area contributed by atoms with Gasteiger partial charge in [-0.2, -0.15) is 5.10 Å². The predicted molar refractivity (Wildman–Crippen MR) is 123 cm³/mol. The number of nitrogens with one attached hydrogen (secondary N) is 1. The SMILES string of the molecule is Clc1ccc(-n2nc(C3CCCCN3Cc3ccccc3)c3c2NCCCC3)cc1. The summed E-state index contributed by atoms with van der Waals surface area (Å²) in [7, 11) is 0. The third-order valence-corrected chi connectivity index (χ3v) is 6.64. The molecule has 1 aromatic heterocycles. The summed E-state index contributed by atoms with van der Waals surface area (Å²) < 4.78 is 2.11. The summed E-state index contributed by atoms with van der Waals surface area (Å²) >= 11 is 6.14. The van der Waals surface area contributed by atoms with Crippen molar-refractivity contribution in [3.05, 3.63) is 76.4 Å². The molecule has 0 saturated carbocycles. The molecule has 1 unspecified atom stereocenters. The van der Waals surface area contributed by atoms with Crippen LogP contribution in [0.3, 0.4) is 0 Å². The molecule has 2 aliphatic rings. The van der Waals surface area contributed by atoms with Gasteiger partial charge in [0.1, 0.15) is 5.82 Å². The number of hydrogen-bond donors (Lipinski definition) is 1. The van der Waals surface area contributed by atoms with E-state index in [1.807, 2.05) is 12.1 Å². The molecule has 0 aliphatic carbocycles. The van der Waals surface area contributed by atoms with Gasteiger partial charge in [-0.1, -0.05) is 48.4 Å². The second-order valence-corrected chi connectivity index (χ2v) is 8.89. The van der Waals surface area contributed by atoms with Gasteiger partial charge in [0.05, 0.1) is 17.4 Å². The maximum atomic E-state index is 6.14. The molecule has 5 heteroatoms. The Morgan fingerprint density at radius 3 is 2.63 bits per heavy atom. The number of aromatic nitrogens is 2. The zero-order valence-corrected chi connectivity index (χ0v) is 18.1. The van der Waals surface area contributed by atoms with Gasteiger partial charge in [-0.3, -0.25) is 4.90 Å². The highest BCUT2D eigenvalue weighted by atomic mass is 35.5. The van der Waals surface area contributed by atoms with Gasteiger partial charge < -0.3 is 5.32 Å². The molecule has 156 valence electrons. The molecular weight excluding hydrogens is 392 g/mol. The molecule has 0 spiro atoms. The highest BCUT2D eigenvalue weighted by Crippen LogP contribution is 2.38. The van der Waals surface area contributed by atoms with Crippen molar-refractivity contribution in [1.82, 2.24) is 14.7 Å². The number of anilines is 1. The Morgan fingerprint density at radius 1 is 0.967 bits per heavy atom. The fraction of sp³-hybridized carbons (Fsp3) is 0.400. The van der Waals surface area contributed by atoms with Crippen LogP contribution >= 0.6 is 11.6 Å². The molecular formula is C25H29ClN4. The molecule has 1 atom stereocenters. The molecule has 3 heterocycles. The van der Waals surface area contributed by atoms with Crippen LogP contribution in [0.25, 0.3) is 5.69 Å². The van der Waals surface area contributed by atoms with Crippen LogP contribution in [0.15, 0.2) is 54.6 Å². The van der Waals surface area contributed by atoms with E-state index in [2.05, 4.69) is 57.4 Å². The van der Waals surface area contributed by atoms with Gasteiger partial charge in [0.25, 0.3) is 0 Å². The predicted octanol–water partition coefficient (Wildman–Crippen LogP) is 6.00. The minimum atomic E-state index is 0.376. The smallest absolute Gasteiger partial charge is 0.133 e. The number of hydrogen-bond acceptors (Lipinski definition) is 3. The first kappa shape index (κ1) is 19.7. The van der Waals surface area contributed by atoms with Gasteiger partial charge in [-0.05, 0) is 68.5 Å². The standard InChI is InChI=1S/C25H29ClN4/c26-20-12-14-21(15-13-20)30-25-22(10-4-6-16-27-25)24(28-30)23-11-5-7-17-29(23)18-19-8-2-1-3-9-19/h1-3,8-9,12-15,23,27H,4-7,10-11,16-18H2. The van der Waals surface area contributed by atoms with Gasteiger partial charge in [0, 0.05) is 23.7 Å². The van der Waals surface area contributed by atoms with E-state index in [-0.39, 0.29) is 0 Å². The molecule has 3 aromatic rings. The number of fused-ring (bicyclic) bond motifs is 1. The Kier molecular flexibility index (Phi) is 5.78. The maximum Gasteiger partial charge on any atom is 0.133 e. The lowest BCUT2D eigenvalue weighted by Gasteiger charge is -2.35. The molecule has 0 amide bonds. The normalized spacial score (nSPS) is 19.7. The second-order valence-electron chi connectivity index (χ2n) is 8.45. The summed E-state index contributed by atoms with van der Waals surface area (Å²) in [5, 5.41) is 9.65. The average Bonchev–Trinajstić information content (AvgIpc) is 2.96. The number of piperidine rings is 1. The van der Waals surface area contributed by atoms with E-state index in [9.17, 15) is 0 Å². The van der Waals surface area contributed by atoms with E-state index in [4.69, 9.17) is 16.7 Å². The third kappa shape index (κ3) is 3.99. The van der Waals surface area contributed by atoms with Crippen LogP contribution in [0.4, 0.5) is 5.82 Å². The van der Waals surface area contributed by atoms with Crippen LogP contribution in [0, 0.1) is 0 Å². The van der Waals surface area contributed by atoms with E-state index in [1.165, 1.54) is 54.7 Å². The lowest BCUT2D eigenvalue weighted by Crippen LogP contribution is -2.33. The first-order chi connectivity index (χ1) is 14.8. The minimum Gasteiger partial charge on any atom is -0.370 e. The molecule has 0 bridgehead atoms. The number of likely N-dealkylation sites (tertiary alicyclic amines) is 1. The van der Waals surface area contributed by atoms with Crippen molar-refractivity contribution >= 4 is 17.4 Å². The zero-order valence-electron chi connectivity index (χ0n) is 17.4. The number of rotatable bonds is 4. The molecule has 1 N–H and O–H groups in total. The highest BCUT2D eigenvalue weighted by molar-refractivity contribution is 6.30. The highest BCUT2D eigenvalue weighted by Gasteiger charge is 2.31. The lowest BCUT2D eigenvalue weighted by molar-refractivity contribution is 0.136. The summed E-state index contributed by atoms with van der Waals surface area (Å²) in [6.45, 7) is 3.13. The van der Waals surface area contributed by atoms with Crippen molar-refractivity contribution < 1.29 is 0 Å². The van der Waals surface area contributed by atoms with Gasteiger partial charge in [0.15, 0.2) is 0 Å². The quantitative estimate of drug-likeness (QED) is 0.561. The van der Waals surface area contributed by atoms with Crippen molar-refractivity contribution in [3.8, 4) is 5.69 Å². The number of nitrogens with zero attached hydrogens (tertiary/aromatic N) is 3. The van der Waals surface area contributed by atoms with Gasteiger partial charge >= 0.3 is 0 Å². The average molecular weight is 421 g/mol. The van der Waals surface area contributed by atoms with Crippen LogP contribution in [0.2, 0.25) is 5.02 Å². The first-order valence-electron chi connectivity index (χ1n) is 11.2. The Morgan fingerprint density at radius 2 is 1.80 bits per heavy atom. The van der Waals surface area contributed by atoms with Crippen LogP contribution in [0.1, 0.15) is 55.0 Å². The molecule has 1 saturated heterocycles. The zero-order chi connectivity index (χ0) is 20.3. The second kappa shape index (κ2) is 8.83. The van der Waals surface area contributed by atoms with Gasteiger partial charge in [0.2, 0.25) is 0 Å². The Balaban J connectivity index is 1.54. The number of benzene rings is 2. The lowest BCUT2D eigenvalue weighted by atomic mass is 9.94. The minimum absolute atomic E-state index is 0.376. The Bertz CT molecular complexity index is 980.